The standard InChI is InChI=1S/C20H17ClN2O5/c1-2-28-19(26)16-17(24)22(12-13-6-4-3-5-7-13)20(27)23(18(16)25)15-10-8-14(21)9-11-15/h3-11,24H,2,12H2,1H3. The highest BCUT2D eigenvalue weighted by Crippen LogP contribution is 2.17. The molecule has 1 aromatic heterocycles. The largest absolute Gasteiger partial charge is 0.494 e. The van der Waals surface area contributed by atoms with Crippen LogP contribution >= 0.6 is 11.6 Å². The topological polar surface area (TPSA) is 90.5 Å². The van der Waals surface area contributed by atoms with E-state index >= 15 is 0 Å². The fourth-order valence-electron chi connectivity index (χ4n) is 2.75. The molecule has 0 atom stereocenters. The van der Waals surface area contributed by atoms with E-state index in [-0.39, 0.29) is 18.8 Å². The Morgan fingerprint density at radius 1 is 1.07 bits per heavy atom. The van der Waals surface area contributed by atoms with Gasteiger partial charge in [0.1, 0.15) is 0 Å². The number of aromatic nitrogens is 2. The third kappa shape index (κ3) is 3.70. The van der Waals surface area contributed by atoms with E-state index < -0.39 is 28.7 Å². The van der Waals surface area contributed by atoms with Crippen LogP contribution in [0.3, 0.4) is 0 Å². The molecule has 0 unspecified atom stereocenters. The number of nitrogens with zero attached hydrogens (tertiary/aromatic N) is 2. The van der Waals surface area contributed by atoms with Crippen molar-refractivity contribution in [2.45, 2.75) is 13.5 Å². The zero-order chi connectivity index (χ0) is 20.3. The third-order valence-electron chi connectivity index (χ3n) is 4.07. The SMILES string of the molecule is CCOC(=O)c1c(O)n(Cc2ccccc2)c(=O)n(-c2ccc(Cl)cc2)c1=O. The number of rotatable bonds is 5. The van der Waals surface area contributed by atoms with E-state index in [4.69, 9.17) is 16.3 Å². The van der Waals surface area contributed by atoms with Crippen molar-refractivity contribution in [3.05, 3.63) is 91.6 Å². The highest BCUT2D eigenvalue weighted by atomic mass is 35.5. The quantitative estimate of drug-likeness (QED) is 0.665. The summed E-state index contributed by atoms with van der Waals surface area (Å²) in [7, 11) is 0. The number of hydrogen-bond donors (Lipinski definition) is 1. The van der Waals surface area contributed by atoms with Crippen LogP contribution in [0.1, 0.15) is 22.8 Å². The Morgan fingerprint density at radius 3 is 2.32 bits per heavy atom. The van der Waals surface area contributed by atoms with Crippen LogP contribution in [-0.2, 0) is 11.3 Å². The van der Waals surface area contributed by atoms with Gasteiger partial charge in [-0.15, -0.1) is 0 Å². The van der Waals surface area contributed by atoms with E-state index in [1.165, 1.54) is 24.3 Å². The number of aromatic hydroxyl groups is 1. The van der Waals surface area contributed by atoms with Crippen LogP contribution in [0.15, 0.2) is 64.2 Å². The summed E-state index contributed by atoms with van der Waals surface area (Å²) in [5.41, 5.74) is -1.44. The molecule has 0 aliphatic rings. The summed E-state index contributed by atoms with van der Waals surface area (Å²) in [5.74, 6) is -1.74. The molecule has 0 spiro atoms. The summed E-state index contributed by atoms with van der Waals surface area (Å²) in [4.78, 5) is 38.2. The first-order chi connectivity index (χ1) is 13.4. The normalized spacial score (nSPS) is 10.6. The molecule has 8 heteroatoms. The molecule has 0 saturated carbocycles. The third-order valence-corrected chi connectivity index (χ3v) is 4.32. The van der Waals surface area contributed by atoms with Crippen molar-refractivity contribution in [1.29, 1.82) is 0 Å². The lowest BCUT2D eigenvalue weighted by atomic mass is 10.2. The Bertz CT molecular complexity index is 1120. The molecule has 0 aliphatic carbocycles. The van der Waals surface area contributed by atoms with E-state index in [1.54, 1.807) is 31.2 Å². The lowest BCUT2D eigenvalue weighted by molar-refractivity contribution is 0.0518. The van der Waals surface area contributed by atoms with Crippen molar-refractivity contribution in [3.8, 4) is 11.6 Å². The van der Waals surface area contributed by atoms with Gasteiger partial charge in [0, 0.05) is 5.02 Å². The second-order valence-corrected chi connectivity index (χ2v) is 6.33. The van der Waals surface area contributed by atoms with Gasteiger partial charge in [-0.2, -0.15) is 0 Å². The number of esters is 1. The molecule has 1 heterocycles. The molecule has 2 aromatic carbocycles. The van der Waals surface area contributed by atoms with Crippen LogP contribution < -0.4 is 11.2 Å². The van der Waals surface area contributed by atoms with Gasteiger partial charge in [-0.25, -0.2) is 14.2 Å². The molecule has 1 N–H and O–H groups in total. The molecule has 0 radical (unpaired) electrons. The van der Waals surface area contributed by atoms with Crippen LogP contribution in [0, 0.1) is 0 Å². The van der Waals surface area contributed by atoms with Gasteiger partial charge in [0.2, 0.25) is 5.88 Å². The lowest BCUT2D eigenvalue weighted by Gasteiger charge is -2.15. The maximum Gasteiger partial charge on any atom is 0.349 e. The van der Waals surface area contributed by atoms with Gasteiger partial charge in [0.25, 0.3) is 5.56 Å². The number of ether oxygens (including phenoxy) is 1. The monoisotopic (exact) mass is 400 g/mol. The van der Waals surface area contributed by atoms with Crippen molar-refractivity contribution in [3.63, 3.8) is 0 Å². The molecule has 0 aliphatic heterocycles. The molecule has 0 amide bonds. The minimum absolute atomic E-state index is 0.0104. The summed E-state index contributed by atoms with van der Waals surface area (Å²) in [6.07, 6.45) is 0. The second-order valence-electron chi connectivity index (χ2n) is 5.89. The van der Waals surface area contributed by atoms with E-state index in [1.807, 2.05) is 6.07 Å². The predicted molar refractivity (Wildman–Crippen MR) is 104 cm³/mol. The molecule has 3 aromatic rings. The van der Waals surface area contributed by atoms with Gasteiger partial charge < -0.3 is 9.84 Å². The Kier molecular flexibility index (Phi) is 5.65. The Morgan fingerprint density at radius 2 is 1.71 bits per heavy atom. The number of hydrogen-bond acceptors (Lipinski definition) is 5. The average Bonchev–Trinajstić information content (AvgIpc) is 2.68. The smallest absolute Gasteiger partial charge is 0.349 e. The van der Waals surface area contributed by atoms with Crippen molar-refractivity contribution in [2.75, 3.05) is 6.61 Å². The first kappa shape index (κ1) is 19.4. The molecule has 0 bridgehead atoms. The van der Waals surface area contributed by atoms with Crippen LogP contribution in [0.4, 0.5) is 0 Å². The van der Waals surface area contributed by atoms with Crippen molar-refractivity contribution >= 4 is 17.6 Å². The Hall–Kier alpha value is -3.32. The van der Waals surface area contributed by atoms with Gasteiger partial charge in [0.15, 0.2) is 5.56 Å². The fourth-order valence-corrected chi connectivity index (χ4v) is 2.87. The average molecular weight is 401 g/mol. The molecule has 0 fully saturated rings. The zero-order valence-electron chi connectivity index (χ0n) is 15.0. The first-order valence-corrected chi connectivity index (χ1v) is 8.87. The van der Waals surface area contributed by atoms with E-state index in [9.17, 15) is 19.5 Å². The minimum atomic E-state index is -1.01. The number of benzene rings is 2. The van der Waals surface area contributed by atoms with Gasteiger partial charge in [0.05, 0.1) is 18.8 Å². The molecule has 28 heavy (non-hydrogen) atoms. The molecule has 3 rings (SSSR count). The van der Waals surface area contributed by atoms with Crippen molar-refractivity contribution < 1.29 is 14.6 Å². The first-order valence-electron chi connectivity index (χ1n) is 8.49. The summed E-state index contributed by atoms with van der Waals surface area (Å²) >= 11 is 5.88. The van der Waals surface area contributed by atoms with E-state index in [0.29, 0.717) is 10.6 Å². The highest BCUT2D eigenvalue weighted by Gasteiger charge is 2.26. The Balaban J connectivity index is 2.29. The van der Waals surface area contributed by atoms with Crippen molar-refractivity contribution in [1.82, 2.24) is 9.13 Å². The summed E-state index contributed by atoms with van der Waals surface area (Å²) in [6, 6.07) is 14.9. The summed E-state index contributed by atoms with van der Waals surface area (Å²) in [6.45, 7) is 1.55. The van der Waals surface area contributed by atoms with Crippen LogP contribution in [-0.4, -0.2) is 26.8 Å². The highest BCUT2D eigenvalue weighted by molar-refractivity contribution is 6.30. The maximum absolute atomic E-state index is 13.0. The second kappa shape index (κ2) is 8.14. The molecule has 0 saturated heterocycles. The van der Waals surface area contributed by atoms with Crippen LogP contribution in [0.2, 0.25) is 5.02 Å². The van der Waals surface area contributed by atoms with Gasteiger partial charge in [-0.3, -0.25) is 9.36 Å². The maximum atomic E-state index is 13.0. The molecule has 144 valence electrons. The Labute approximate surface area is 165 Å². The van der Waals surface area contributed by atoms with Crippen molar-refractivity contribution in [2.24, 2.45) is 0 Å². The zero-order valence-corrected chi connectivity index (χ0v) is 15.7. The van der Waals surface area contributed by atoms with Gasteiger partial charge in [-0.1, -0.05) is 41.9 Å². The van der Waals surface area contributed by atoms with E-state index in [0.717, 1.165) is 9.13 Å². The van der Waals surface area contributed by atoms with Gasteiger partial charge in [-0.05, 0) is 36.8 Å². The summed E-state index contributed by atoms with van der Waals surface area (Å²) in [5, 5.41) is 11.0. The molecular formula is C20H17ClN2O5. The fraction of sp³-hybridized carbons (Fsp3) is 0.150. The number of halogens is 1. The number of carbonyl (C=O) groups is 1. The summed E-state index contributed by atoms with van der Waals surface area (Å²) < 4.78 is 6.66. The van der Waals surface area contributed by atoms with E-state index in [2.05, 4.69) is 0 Å². The minimum Gasteiger partial charge on any atom is -0.494 e. The van der Waals surface area contributed by atoms with Crippen LogP contribution in [0.25, 0.3) is 5.69 Å². The number of carbonyl (C=O) groups excluding carboxylic acids is 1. The van der Waals surface area contributed by atoms with Gasteiger partial charge >= 0.3 is 11.7 Å². The predicted octanol–water partition coefficient (Wildman–Crippen LogP) is 2.58. The lowest BCUT2D eigenvalue weighted by Crippen LogP contribution is -2.42. The van der Waals surface area contributed by atoms with Crippen LogP contribution in [0.5, 0.6) is 5.88 Å². The molecular weight excluding hydrogens is 384 g/mol. The molecule has 7 nitrogen and oxygen atoms in total.